The van der Waals surface area contributed by atoms with Gasteiger partial charge in [0.05, 0.1) is 21.9 Å². The summed E-state index contributed by atoms with van der Waals surface area (Å²) in [5.74, 6) is 1.81. The van der Waals surface area contributed by atoms with Crippen LogP contribution in [0.4, 0.5) is 0 Å². The summed E-state index contributed by atoms with van der Waals surface area (Å²) in [5, 5.41) is 9.16. The molecule has 0 aliphatic heterocycles. The molecule has 0 radical (unpaired) electrons. The Balaban J connectivity index is 0.848. The number of rotatable bonds is 5. The van der Waals surface area contributed by atoms with Crippen LogP contribution in [-0.2, 0) is 5.41 Å². The maximum atomic E-state index is 6.60. The minimum Gasteiger partial charge on any atom is -0.456 e. The number of hydrogen-bond donors (Lipinski definition) is 0. The lowest BCUT2D eigenvalue weighted by Crippen LogP contribution is -2.14. The Morgan fingerprint density at radius 2 is 0.931 bits per heavy atom. The number of para-hydroxylation sites is 2. The quantitative estimate of drug-likeness (QED) is 0.172. The maximum absolute atomic E-state index is 6.60. The molecule has 0 saturated heterocycles. The second-order valence-electron chi connectivity index (χ2n) is 19.8. The predicted molar refractivity (Wildman–Crippen MR) is 294 cm³/mol. The van der Waals surface area contributed by atoms with Crippen molar-refractivity contribution in [2.24, 2.45) is 0 Å². The number of hydrogen-bond acceptors (Lipinski definition) is 5. The molecule has 5 heterocycles. The summed E-state index contributed by atoms with van der Waals surface area (Å²) in [6, 6.07) is 73.6. The van der Waals surface area contributed by atoms with Crippen LogP contribution in [0.2, 0.25) is 0 Å². The average Bonchev–Trinajstić information content (AvgIpc) is 4.15. The van der Waals surface area contributed by atoms with Crippen molar-refractivity contribution in [2.75, 3.05) is 0 Å². The van der Waals surface area contributed by atoms with Gasteiger partial charge in [-0.2, -0.15) is 0 Å². The van der Waals surface area contributed by atoms with Crippen LogP contribution in [0.5, 0.6) is 0 Å². The summed E-state index contributed by atoms with van der Waals surface area (Å²) in [6.45, 7) is 4.61. The zero-order valence-corrected chi connectivity index (χ0v) is 39.2. The van der Waals surface area contributed by atoms with Crippen molar-refractivity contribution in [3.8, 4) is 67.5 Å². The molecular weight excluding hydrogens is 881 g/mol. The number of benzene rings is 10. The van der Waals surface area contributed by atoms with Crippen molar-refractivity contribution in [1.82, 2.24) is 19.4 Å². The number of furan rings is 2. The van der Waals surface area contributed by atoms with E-state index in [9.17, 15) is 0 Å². The van der Waals surface area contributed by atoms with Crippen molar-refractivity contribution in [3.63, 3.8) is 0 Å². The Morgan fingerprint density at radius 3 is 1.83 bits per heavy atom. The van der Waals surface area contributed by atoms with E-state index in [1.54, 1.807) is 0 Å². The summed E-state index contributed by atoms with van der Waals surface area (Å²) in [6.07, 6.45) is 0. The molecule has 15 aromatic rings. The number of nitrogens with zero attached hydrogens (tertiary/aromatic N) is 4. The lowest BCUT2D eigenvalue weighted by atomic mass is 9.82. The highest BCUT2D eigenvalue weighted by atomic mass is 16.3. The van der Waals surface area contributed by atoms with Gasteiger partial charge in [0, 0.05) is 54.4 Å². The van der Waals surface area contributed by atoms with E-state index in [1.165, 1.54) is 54.8 Å². The van der Waals surface area contributed by atoms with Crippen molar-refractivity contribution >= 4 is 82.0 Å². The molecule has 5 aromatic heterocycles. The molecule has 6 nitrogen and oxygen atoms in total. The molecule has 16 rings (SSSR count). The molecule has 1 aliphatic rings. The van der Waals surface area contributed by atoms with Gasteiger partial charge in [-0.15, -0.1) is 0 Å². The zero-order valence-electron chi connectivity index (χ0n) is 39.2. The second-order valence-corrected chi connectivity index (χ2v) is 19.8. The van der Waals surface area contributed by atoms with E-state index in [-0.39, 0.29) is 5.41 Å². The van der Waals surface area contributed by atoms with Crippen molar-refractivity contribution in [3.05, 3.63) is 217 Å². The molecule has 0 bridgehead atoms. The van der Waals surface area contributed by atoms with E-state index in [2.05, 4.69) is 194 Å². The molecule has 0 saturated carbocycles. The minimum absolute atomic E-state index is 0.113. The van der Waals surface area contributed by atoms with E-state index in [1.807, 2.05) is 30.3 Å². The van der Waals surface area contributed by atoms with Gasteiger partial charge in [-0.05, 0) is 104 Å². The molecule has 1 aliphatic carbocycles. The van der Waals surface area contributed by atoms with Gasteiger partial charge in [-0.1, -0.05) is 166 Å². The molecule has 0 unspecified atom stereocenters. The Hall–Kier alpha value is -9.39. The Bertz CT molecular complexity index is 4780. The van der Waals surface area contributed by atoms with Crippen molar-refractivity contribution in [2.45, 2.75) is 19.3 Å². The monoisotopic (exact) mass is 920 g/mol. The molecule has 6 heteroatoms. The third-order valence-corrected chi connectivity index (χ3v) is 15.6. The van der Waals surface area contributed by atoms with Crippen molar-refractivity contribution < 1.29 is 8.83 Å². The van der Waals surface area contributed by atoms with E-state index >= 15 is 0 Å². The molecule has 0 N–H and O–H groups in total. The van der Waals surface area contributed by atoms with Crippen molar-refractivity contribution in [1.29, 1.82) is 0 Å². The highest BCUT2D eigenvalue weighted by Crippen LogP contribution is 2.50. The lowest BCUT2D eigenvalue weighted by Gasteiger charge is -2.21. The SMILES string of the molecule is CC1(C)c2ccccc2-c2cc(-c3nc(-c4ccc(-c5cccc(-c6cccc7c6c6cccc8oc9ccc%10c%11ccccc%11n7c%10c9c86)c5)cc4)nc(-c4cccc5oc6ccccc6c45)n3)ccc21. The Kier molecular flexibility index (Phi) is 7.86. The van der Waals surface area contributed by atoms with Gasteiger partial charge in [-0.25, -0.2) is 15.0 Å². The largest absolute Gasteiger partial charge is 0.456 e. The molecular formula is C66H40N4O2. The molecule has 0 fully saturated rings. The summed E-state index contributed by atoms with van der Waals surface area (Å²) in [5.41, 5.74) is 19.2. The Morgan fingerprint density at radius 1 is 0.333 bits per heavy atom. The summed E-state index contributed by atoms with van der Waals surface area (Å²) < 4.78 is 15.4. The smallest absolute Gasteiger partial charge is 0.164 e. The highest BCUT2D eigenvalue weighted by Gasteiger charge is 2.35. The fraction of sp³-hybridized carbons (Fsp3) is 0.0455. The van der Waals surface area contributed by atoms with Crippen LogP contribution in [0.15, 0.2) is 215 Å². The first-order valence-corrected chi connectivity index (χ1v) is 24.6. The number of aromatic nitrogens is 4. The van der Waals surface area contributed by atoms with Crippen LogP contribution in [0, 0.1) is 0 Å². The fourth-order valence-corrected chi connectivity index (χ4v) is 12.3. The van der Waals surface area contributed by atoms with E-state index in [0.29, 0.717) is 17.5 Å². The fourth-order valence-electron chi connectivity index (χ4n) is 12.3. The molecule has 0 amide bonds. The van der Waals surface area contributed by atoms with Crippen LogP contribution in [0.1, 0.15) is 25.0 Å². The molecule has 0 atom stereocenters. The molecule has 336 valence electrons. The zero-order chi connectivity index (χ0) is 47.4. The topological polar surface area (TPSA) is 69.4 Å². The first-order chi connectivity index (χ1) is 35.4. The normalized spacial score (nSPS) is 13.2. The van der Waals surface area contributed by atoms with E-state index in [4.69, 9.17) is 23.8 Å². The highest BCUT2D eigenvalue weighted by molar-refractivity contribution is 6.33. The van der Waals surface area contributed by atoms with E-state index in [0.717, 1.165) is 88.3 Å². The molecule has 10 aromatic carbocycles. The van der Waals surface area contributed by atoms with Crippen LogP contribution >= 0.6 is 0 Å². The first kappa shape index (κ1) is 39.5. The standard InChI is InChI=1S/C66H40N4O2/c1-66(2)50-21-6-3-15-43(50)49-36-41(31-33-51(49)66)64-67-63(68-65(69-64)48-20-12-25-55-59(48)46-17-5-8-24-54(46)71-55)38-29-27-37(28-30-38)39-13-9-14-40(35-39)42-18-10-23-53-58(42)47-19-11-26-56-60(47)61-57(72-56)34-32-45-44-16-4-7-22-52(44)70(53)62(45)61/h3-36H,1-2H3. The van der Waals surface area contributed by atoms with E-state index < -0.39 is 0 Å². The summed E-state index contributed by atoms with van der Waals surface area (Å²) in [7, 11) is 0. The van der Waals surface area contributed by atoms with Gasteiger partial charge in [0.1, 0.15) is 22.3 Å². The van der Waals surface area contributed by atoms with Crippen LogP contribution in [0.3, 0.4) is 0 Å². The lowest BCUT2D eigenvalue weighted by molar-refractivity contribution is 0.660. The summed E-state index contributed by atoms with van der Waals surface area (Å²) in [4.78, 5) is 15.8. The van der Waals surface area contributed by atoms with Crippen LogP contribution in [0.25, 0.3) is 150 Å². The van der Waals surface area contributed by atoms with Gasteiger partial charge in [-0.3, -0.25) is 0 Å². The predicted octanol–water partition coefficient (Wildman–Crippen LogP) is 17.5. The molecule has 72 heavy (non-hydrogen) atoms. The van der Waals surface area contributed by atoms with Gasteiger partial charge in [0.2, 0.25) is 0 Å². The van der Waals surface area contributed by atoms with Gasteiger partial charge in [0.15, 0.2) is 17.5 Å². The van der Waals surface area contributed by atoms with Crippen LogP contribution < -0.4 is 0 Å². The molecule has 0 spiro atoms. The maximum Gasteiger partial charge on any atom is 0.164 e. The van der Waals surface area contributed by atoms with Crippen LogP contribution in [-0.4, -0.2) is 19.4 Å². The third-order valence-electron chi connectivity index (χ3n) is 15.6. The Labute approximate surface area is 412 Å². The van der Waals surface area contributed by atoms with Gasteiger partial charge < -0.3 is 13.2 Å². The van der Waals surface area contributed by atoms with Gasteiger partial charge >= 0.3 is 0 Å². The summed E-state index contributed by atoms with van der Waals surface area (Å²) >= 11 is 0. The minimum atomic E-state index is -0.113. The first-order valence-electron chi connectivity index (χ1n) is 24.6. The number of fused-ring (bicyclic) bond motifs is 12. The second kappa shape index (κ2) is 14.3. The third kappa shape index (κ3) is 5.41. The average molecular weight is 921 g/mol. The van der Waals surface area contributed by atoms with Gasteiger partial charge in [0.25, 0.3) is 0 Å².